The van der Waals surface area contributed by atoms with Crippen LogP contribution in [0.5, 0.6) is 0 Å². The number of benzene rings is 4. The largest absolute Gasteiger partial charge is 0.317 e. The lowest BCUT2D eigenvalue weighted by atomic mass is 10.0. The molecule has 0 aliphatic rings. The molecular weight excluding hydrogens is 404 g/mol. The van der Waals surface area contributed by atoms with Gasteiger partial charge >= 0.3 is 0 Å². The minimum Gasteiger partial charge on any atom is -0.317 e. The lowest BCUT2D eigenvalue weighted by Gasteiger charge is -2.08. The Balaban J connectivity index is 1.61. The van der Waals surface area contributed by atoms with Crippen molar-refractivity contribution in [1.29, 1.82) is 0 Å². The highest BCUT2D eigenvalue weighted by Gasteiger charge is 2.19. The van der Waals surface area contributed by atoms with Gasteiger partial charge in [-0.1, -0.05) is 48.5 Å². The van der Waals surface area contributed by atoms with Crippen molar-refractivity contribution in [2.24, 2.45) is 0 Å². The fourth-order valence-electron chi connectivity index (χ4n) is 4.26. The maximum absolute atomic E-state index is 11.9. The highest BCUT2D eigenvalue weighted by molar-refractivity contribution is 7.25. The molecule has 0 N–H and O–H groups in total. The molecule has 0 radical (unpaired) electrons. The summed E-state index contributed by atoms with van der Waals surface area (Å²) < 4.78 is 4.42. The molecule has 4 nitrogen and oxygen atoms in total. The highest BCUT2D eigenvalue weighted by Crippen LogP contribution is 2.40. The summed E-state index contributed by atoms with van der Waals surface area (Å²) in [5, 5.41) is 15.2. The maximum atomic E-state index is 11.9. The van der Waals surface area contributed by atoms with Crippen molar-refractivity contribution in [3.63, 3.8) is 0 Å². The Morgan fingerprint density at radius 3 is 2.39 bits per heavy atom. The van der Waals surface area contributed by atoms with Crippen LogP contribution in [-0.4, -0.2) is 9.49 Å². The molecule has 0 unspecified atom stereocenters. The molecule has 2 aromatic heterocycles. The molecule has 0 spiro atoms. The van der Waals surface area contributed by atoms with Crippen molar-refractivity contribution >= 4 is 48.1 Å². The number of nitro groups is 1. The van der Waals surface area contributed by atoms with E-state index < -0.39 is 0 Å². The summed E-state index contributed by atoms with van der Waals surface area (Å²) in [6.45, 7) is 0. The summed E-state index contributed by atoms with van der Waals surface area (Å²) in [5.74, 6) is 0. The molecule has 6 rings (SSSR count). The van der Waals surface area contributed by atoms with Gasteiger partial charge in [-0.2, -0.15) is 0 Å². The second-order valence-electron chi connectivity index (χ2n) is 7.52. The maximum Gasteiger partial charge on any atom is 0.277 e. The normalized spacial score (nSPS) is 11.5. The fourth-order valence-corrected chi connectivity index (χ4v) is 5.41. The van der Waals surface area contributed by atoms with Crippen molar-refractivity contribution in [2.75, 3.05) is 0 Å². The van der Waals surface area contributed by atoms with E-state index in [4.69, 9.17) is 0 Å². The number of rotatable bonds is 3. The topological polar surface area (TPSA) is 48.1 Å². The summed E-state index contributed by atoms with van der Waals surface area (Å²) in [6.07, 6.45) is 1.96. The van der Waals surface area contributed by atoms with E-state index >= 15 is 0 Å². The van der Waals surface area contributed by atoms with E-state index in [-0.39, 0.29) is 10.6 Å². The first-order chi connectivity index (χ1) is 15.2. The number of nitrogens with zero attached hydrogens (tertiary/aromatic N) is 2. The molecule has 5 heteroatoms. The Bertz CT molecular complexity index is 1610. The SMILES string of the molecule is O=[N+]([O-])c1cc2ccn(-c3ccccc3)c2cc1-c1ccc2c(c1)sc1ccccc12. The lowest BCUT2D eigenvalue weighted by Crippen LogP contribution is -1.95. The van der Waals surface area contributed by atoms with E-state index in [1.807, 2.05) is 66.9 Å². The van der Waals surface area contributed by atoms with Crippen molar-refractivity contribution < 1.29 is 4.92 Å². The van der Waals surface area contributed by atoms with E-state index in [0.717, 1.165) is 26.9 Å². The monoisotopic (exact) mass is 420 g/mol. The molecule has 0 aliphatic heterocycles. The average molecular weight is 420 g/mol. The molecule has 0 aliphatic carbocycles. The van der Waals surface area contributed by atoms with Crippen LogP contribution in [0, 0.1) is 10.1 Å². The van der Waals surface area contributed by atoms with Crippen LogP contribution in [0.1, 0.15) is 0 Å². The number of aromatic nitrogens is 1. The first kappa shape index (κ1) is 17.9. The quantitative estimate of drug-likeness (QED) is 0.219. The van der Waals surface area contributed by atoms with Gasteiger partial charge in [-0.05, 0) is 42.0 Å². The van der Waals surface area contributed by atoms with Gasteiger partial charge in [0.15, 0.2) is 0 Å². The van der Waals surface area contributed by atoms with Gasteiger partial charge < -0.3 is 4.57 Å². The van der Waals surface area contributed by atoms with Crippen LogP contribution < -0.4 is 0 Å². The highest BCUT2D eigenvalue weighted by atomic mass is 32.1. The average Bonchev–Trinajstić information content (AvgIpc) is 3.39. The molecule has 0 saturated heterocycles. The first-order valence-corrected chi connectivity index (χ1v) is 10.8. The molecular formula is C26H16N2O2S. The van der Waals surface area contributed by atoms with E-state index in [9.17, 15) is 10.1 Å². The summed E-state index contributed by atoms with van der Waals surface area (Å²) >= 11 is 1.72. The third kappa shape index (κ3) is 2.82. The van der Waals surface area contributed by atoms with Gasteiger partial charge in [-0.25, -0.2) is 0 Å². The standard InChI is InChI=1S/C26H16N2O2S/c29-28(30)24-14-18-12-13-27(19-6-2-1-3-7-19)23(18)16-22(24)17-10-11-21-20-8-4-5-9-25(20)31-26(21)15-17/h1-16H. The molecule has 4 aromatic carbocycles. The predicted octanol–water partition coefficient (Wildman–Crippen LogP) is 7.57. The van der Waals surface area contributed by atoms with Gasteiger partial charge in [0.2, 0.25) is 0 Å². The predicted molar refractivity (Wildman–Crippen MR) is 128 cm³/mol. The molecule has 0 bridgehead atoms. The fraction of sp³-hybridized carbons (Fsp3) is 0. The Kier molecular flexibility index (Phi) is 3.91. The molecule has 0 saturated carbocycles. The zero-order valence-electron chi connectivity index (χ0n) is 16.4. The van der Waals surface area contributed by atoms with Crippen molar-refractivity contribution in [3.05, 3.63) is 107 Å². The van der Waals surface area contributed by atoms with Crippen molar-refractivity contribution in [3.8, 4) is 16.8 Å². The minimum absolute atomic E-state index is 0.124. The second-order valence-corrected chi connectivity index (χ2v) is 8.60. The molecule has 6 aromatic rings. The Hall–Kier alpha value is -3.96. The van der Waals surface area contributed by atoms with Crippen LogP contribution >= 0.6 is 11.3 Å². The Morgan fingerprint density at radius 1 is 0.774 bits per heavy atom. The van der Waals surface area contributed by atoms with Crippen LogP contribution in [0.15, 0.2) is 97.2 Å². The van der Waals surface area contributed by atoms with E-state index in [1.165, 1.54) is 15.5 Å². The zero-order chi connectivity index (χ0) is 20.9. The Morgan fingerprint density at radius 2 is 1.55 bits per heavy atom. The van der Waals surface area contributed by atoms with Crippen LogP contribution in [0.3, 0.4) is 0 Å². The number of para-hydroxylation sites is 1. The third-order valence-corrected chi connectivity index (χ3v) is 6.86. The molecule has 148 valence electrons. The smallest absolute Gasteiger partial charge is 0.277 e. The molecule has 0 amide bonds. The number of thiophene rings is 1. The van der Waals surface area contributed by atoms with Crippen molar-refractivity contribution in [2.45, 2.75) is 0 Å². The van der Waals surface area contributed by atoms with Gasteiger partial charge in [0.05, 0.1) is 16.0 Å². The van der Waals surface area contributed by atoms with Gasteiger partial charge in [-0.3, -0.25) is 10.1 Å². The molecule has 0 atom stereocenters. The van der Waals surface area contributed by atoms with E-state index in [2.05, 4.69) is 28.8 Å². The van der Waals surface area contributed by atoms with E-state index in [1.54, 1.807) is 17.4 Å². The number of fused-ring (bicyclic) bond motifs is 4. The lowest BCUT2D eigenvalue weighted by molar-refractivity contribution is -0.384. The molecule has 0 fully saturated rings. The van der Waals surface area contributed by atoms with Gasteiger partial charge in [-0.15, -0.1) is 11.3 Å². The van der Waals surface area contributed by atoms with Crippen LogP contribution in [0.4, 0.5) is 5.69 Å². The summed E-state index contributed by atoms with van der Waals surface area (Å²) in [5.41, 5.74) is 3.58. The summed E-state index contributed by atoms with van der Waals surface area (Å²) in [6, 6.07) is 30.0. The summed E-state index contributed by atoms with van der Waals surface area (Å²) in [7, 11) is 0. The zero-order valence-corrected chi connectivity index (χ0v) is 17.2. The van der Waals surface area contributed by atoms with Gasteiger partial charge in [0.1, 0.15) is 0 Å². The van der Waals surface area contributed by atoms with Gasteiger partial charge in [0.25, 0.3) is 5.69 Å². The van der Waals surface area contributed by atoms with Crippen LogP contribution in [-0.2, 0) is 0 Å². The minimum atomic E-state index is -0.288. The van der Waals surface area contributed by atoms with Crippen LogP contribution in [0.25, 0.3) is 47.9 Å². The molecule has 2 heterocycles. The third-order valence-electron chi connectivity index (χ3n) is 5.73. The molecule has 31 heavy (non-hydrogen) atoms. The first-order valence-electron chi connectivity index (χ1n) is 9.96. The summed E-state index contributed by atoms with van der Waals surface area (Å²) in [4.78, 5) is 11.6. The van der Waals surface area contributed by atoms with Crippen molar-refractivity contribution in [1.82, 2.24) is 4.57 Å². The number of nitro benzene ring substituents is 1. The van der Waals surface area contributed by atoms with Crippen LogP contribution in [0.2, 0.25) is 0 Å². The second kappa shape index (κ2) is 6.79. The van der Waals surface area contributed by atoms with Gasteiger partial charge in [0, 0.05) is 43.5 Å². The number of hydrogen-bond donors (Lipinski definition) is 0. The number of hydrogen-bond acceptors (Lipinski definition) is 3. The van der Waals surface area contributed by atoms with E-state index in [0.29, 0.717) is 5.56 Å². The Labute approximate surface area is 181 Å².